The van der Waals surface area contributed by atoms with Gasteiger partial charge >= 0.3 is 0 Å². The first-order chi connectivity index (χ1) is 9.56. The first-order valence-electron chi connectivity index (χ1n) is 6.24. The molecule has 1 aromatic heterocycles. The summed E-state index contributed by atoms with van der Waals surface area (Å²) in [6.07, 6.45) is 0. The van der Waals surface area contributed by atoms with E-state index >= 15 is 0 Å². The zero-order valence-corrected chi connectivity index (χ0v) is 12.6. The van der Waals surface area contributed by atoms with E-state index in [2.05, 4.69) is 5.10 Å². The molecule has 0 radical (unpaired) electrons. The number of hydrogen-bond donors (Lipinski definition) is 1. The van der Waals surface area contributed by atoms with Crippen molar-refractivity contribution in [3.63, 3.8) is 0 Å². The summed E-state index contributed by atoms with van der Waals surface area (Å²) in [6.45, 7) is 2.59. The number of nitrogens with two attached hydrogens (primary N) is 1. The molecular formula is C14H18ClN3O2. The Balaban J connectivity index is 2.18. The second-order valence-electron chi connectivity index (χ2n) is 4.44. The van der Waals surface area contributed by atoms with Crippen molar-refractivity contribution in [2.45, 2.75) is 20.1 Å². The van der Waals surface area contributed by atoms with Crippen LogP contribution in [0.5, 0.6) is 11.5 Å². The van der Waals surface area contributed by atoms with E-state index in [1.165, 1.54) is 0 Å². The highest BCUT2D eigenvalue weighted by atomic mass is 35.5. The Labute approximate surface area is 123 Å². The van der Waals surface area contributed by atoms with Crippen molar-refractivity contribution in [2.75, 3.05) is 7.11 Å². The molecule has 20 heavy (non-hydrogen) atoms. The average Bonchev–Trinajstić information content (AvgIpc) is 2.70. The van der Waals surface area contributed by atoms with Crippen LogP contribution < -0.4 is 15.2 Å². The van der Waals surface area contributed by atoms with Crippen molar-refractivity contribution >= 4 is 11.6 Å². The predicted molar refractivity (Wildman–Crippen MR) is 78.2 cm³/mol. The lowest BCUT2D eigenvalue weighted by atomic mass is 10.2. The first-order valence-corrected chi connectivity index (χ1v) is 6.62. The van der Waals surface area contributed by atoms with E-state index in [0.717, 1.165) is 28.5 Å². The van der Waals surface area contributed by atoms with Crippen molar-refractivity contribution in [2.24, 2.45) is 12.8 Å². The highest BCUT2D eigenvalue weighted by Crippen LogP contribution is 2.26. The quantitative estimate of drug-likeness (QED) is 0.920. The van der Waals surface area contributed by atoms with Crippen molar-refractivity contribution < 1.29 is 9.47 Å². The summed E-state index contributed by atoms with van der Waals surface area (Å²) in [5.41, 5.74) is 8.25. The Bertz CT molecular complexity index is 611. The lowest BCUT2D eigenvalue weighted by Gasteiger charge is -2.12. The molecular weight excluding hydrogens is 278 g/mol. The summed E-state index contributed by atoms with van der Waals surface area (Å²) in [7, 11) is 3.46. The SMILES string of the molecule is COc1ccc(OCc2c(Cl)c(C)nn2C)c(CN)c1. The maximum absolute atomic E-state index is 6.19. The van der Waals surface area contributed by atoms with Crippen LogP contribution in [0.1, 0.15) is 17.0 Å². The van der Waals surface area contributed by atoms with Gasteiger partial charge in [0.05, 0.1) is 23.5 Å². The van der Waals surface area contributed by atoms with Gasteiger partial charge in [-0.3, -0.25) is 4.68 Å². The monoisotopic (exact) mass is 295 g/mol. The Kier molecular flexibility index (Phi) is 4.52. The van der Waals surface area contributed by atoms with Gasteiger partial charge < -0.3 is 15.2 Å². The van der Waals surface area contributed by atoms with Crippen molar-refractivity contribution in [1.82, 2.24) is 9.78 Å². The van der Waals surface area contributed by atoms with Crippen LogP contribution in [0.15, 0.2) is 18.2 Å². The van der Waals surface area contributed by atoms with E-state index < -0.39 is 0 Å². The molecule has 0 fully saturated rings. The molecule has 0 aliphatic heterocycles. The van der Waals surface area contributed by atoms with Gasteiger partial charge in [0.15, 0.2) is 0 Å². The smallest absolute Gasteiger partial charge is 0.131 e. The fraction of sp³-hybridized carbons (Fsp3) is 0.357. The molecule has 0 atom stereocenters. The molecule has 2 N–H and O–H groups in total. The maximum atomic E-state index is 6.19. The largest absolute Gasteiger partial charge is 0.497 e. The van der Waals surface area contributed by atoms with E-state index in [9.17, 15) is 0 Å². The molecule has 0 bridgehead atoms. The summed E-state index contributed by atoms with van der Waals surface area (Å²) in [6, 6.07) is 5.55. The van der Waals surface area contributed by atoms with Crippen LogP contribution in [-0.4, -0.2) is 16.9 Å². The molecule has 5 nitrogen and oxygen atoms in total. The molecule has 2 rings (SSSR count). The van der Waals surface area contributed by atoms with Crippen LogP contribution in [-0.2, 0) is 20.2 Å². The standard InChI is InChI=1S/C14H18ClN3O2/c1-9-14(15)12(18(2)17-9)8-20-13-5-4-11(19-3)6-10(13)7-16/h4-6H,7-8,16H2,1-3H3. The Hall–Kier alpha value is -1.72. The van der Waals surface area contributed by atoms with Crippen molar-refractivity contribution in [3.05, 3.63) is 40.2 Å². The zero-order chi connectivity index (χ0) is 14.7. The third kappa shape index (κ3) is 2.89. The lowest BCUT2D eigenvalue weighted by molar-refractivity contribution is 0.291. The van der Waals surface area contributed by atoms with Crippen LogP contribution in [0.2, 0.25) is 5.02 Å². The number of benzene rings is 1. The van der Waals surface area contributed by atoms with Crippen molar-refractivity contribution in [3.8, 4) is 11.5 Å². The third-order valence-electron chi connectivity index (χ3n) is 3.11. The van der Waals surface area contributed by atoms with Crippen LogP contribution >= 0.6 is 11.6 Å². The highest BCUT2D eigenvalue weighted by Gasteiger charge is 2.12. The number of ether oxygens (including phenoxy) is 2. The summed E-state index contributed by atoms with van der Waals surface area (Å²) in [5, 5.41) is 4.89. The molecule has 108 valence electrons. The minimum Gasteiger partial charge on any atom is -0.497 e. The zero-order valence-electron chi connectivity index (χ0n) is 11.8. The van der Waals surface area contributed by atoms with E-state index in [1.807, 2.05) is 32.2 Å². The number of hydrogen-bond acceptors (Lipinski definition) is 4. The molecule has 0 amide bonds. The second kappa shape index (κ2) is 6.15. The van der Waals surface area contributed by atoms with E-state index in [4.69, 9.17) is 26.8 Å². The molecule has 1 heterocycles. The second-order valence-corrected chi connectivity index (χ2v) is 4.81. The molecule has 1 aromatic carbocycles. The van der Waals surface area contributed by atoms with Gasteiger partial charge in [0.25, 0.3) is 0 Å². The van der Waals surface area contributed by atoms with Gasteiger partial charge in [-0.05, 0) is 25.1 Å². The predicted octanol–water partition coefficient (Wildman–Crippen LogP) is 2.43. The number of aromatic nitrogens is 2. The summed E-state index contributed by atoms with van der Waals surface area (Å²) in [4.78, 5) is 0. The summed E-state index contributed by atoms with van der Waals surface area (Å²) in [5.74, 6) is 1.48. The number of nitrogens with zero attached hydrogens (tertiary/aromatic N) is 2. The van der Waals surface area contributed by atoms with E-state index in [1.54, 1.807) is 11.8 Å². The van der Waals surface area contributed by atoms with Gasteiger partial charge in [0.1, 0.15) is 18.1 Å². The van der Waals surface area contributed by atoms with E-state index in [0.29, 0.717) is 18.2 Å². The van der Waals surface area contributed by atoms with Gasteiger partial charge in [-0.2, -0.15) is 5.10 Å². The maximum Gasteiger partial charge on any atom is 0.131 e. The number of rotatable bonds is 5. The van der Waals surface area contributed by atoms with Gasteiger partial charge in [-0.25, -0.2) is 0 Å². The molecule has 0 spiro atoms. The number of methoxy groups -OCH3 is 1. The van der Waals surface area contributed by atoms with Gasteiger partial charge in [-0.1, -0.05) is 11.6 Å². The fourth-order valence-corrected chi connectivity index (χ4v) is 2.18. The van der Waals surface area contributed by atoms with Crippen LogP contribution in [0.4, 0.5) is 0 Å². The van der Waals surface area contributed by atoms with Gasteiger partial charge in [-0.15, -0.1) is 0 Å². The molecule has 0 aliphatic carbocycles. The summed E-state index contributed by atoms with van der Waals surface area (Å²) < 4.78 is 12.7. The fourth-order valence-electron chi connectivity index (χ4n) is 1.97. The van der Waals surface area contributed by atoms with Gasteiger partial charge in [0, 0.05) is 19.2 Å². The molecule has 0 unspecified atom stereocenters. The average molecular weight is 296 g/mol. The normalized spacial score (nSPS) is 10.7. The summed E-state index contributed by atoms with van der Waals surface area (Å²) >= 11 is 6.19. The topological polar surface area (TPSA) is 62.3 Å². The van der Waals surface area contributed by atoms with Crippen molar-refractivity contribution in [1.29, 1.82) is 0 Å². The minimum atomic E-state index is 0.343. The van der Waals surface area contributed by atoms with Crippen LogP contribution in [0.25, 0.3) is 0 Å². The molecule has 0 saturated carbocycles. The minimum absolute atomic E-state index is 0.343. The van der Waals surface area contributed by atoms with E-state index in [-0.39, 0.29) is 0 Å². The Morgan fingerprint density at radius 2 is 2.15 bits per heavy atom. The van der Waals surface area contributed by atoms with Crippen LogP contribution in [0.3, 0.4) is 0 Å². The Morgan fingerprint density at radius 3 is 2.70 bits per heavy atom. The van der Waals surface area contributed by atoms with Crippen LogP contribution in [0, 0.1) is 6.92 Å². The molecule has 0 saturated heterocycles. The Morgan fingerprint density at radius 1 is 1.40 bits per heavy atom. The van der Waals surface area contributed by atoms with Gasteiger partial charge in [0.2, 0.25) is 0 Å². The number of halogens is 1. The molecule has 6 heteroatoms. The molecule has 2 aromatic rings. The first kappa shape index (κ1) is 14.7. The molecule has 0 aliphatic rings. The highest BCUT2D eigenvalue weighted by molar-refractivity contribution is 6.31. The number of aryl methyl sites for hydroxylation is 2. The third-order valence-corrected chi connectivity index (χ3v) is 3.61. The lowest BCUT2D eigenvalue weighted by Crippen LogP contribution is -2.06.